The van der Waals surface area contributed by atoms with Crippen LogP contribution in [0.2, 0.25) is 0 Å². The van der Waals surface area contributed by atoms with Gasteiger partial charge < -0.3 is 5.73 Å². The van der Waals surface area contributed by atoms with Gasteiger partial charge in [-0.2, -0.15) is 0 Å². The van der Waals surface area contributed by atoms with Crippen molar-refractivity contribution in [3.63, 3.8) is 0 Å². The summed E-state index contributed by atoms with van der Waals surface area (Å²) in [6.07, 6.45) is 6.30. The van der Waals surface area contributed by atoms with E-state index in [1.54, 1.807) is 0 Å². The van der Waals surface area contributed by atoms with E-state index >= 15 is 0 Å². The summed E-state index contributed by atoms with van der Waals surface area (Å²) in [5.41, 5.74) is 5.68. The highest BCUT2D eigenvalue weighted by Crippen LogP contribution is 2.10. The number of H-pyrrole nitrogens is 1. The summed E-state index contributed by atoms with van der Waals surface area (Å²) < 4.78 is 2.48. The minimum absolute atomic E-state index is 0.493. The average molecular weight is 242 g/mol. The number of hydrogen-bond donors (Lipinski definition) is 2. The molecule has 92 valence electrons. The number of nitrogens with two attached hydrogens (primary N) is 1. The molecule has 5 heteroatoms. The number of nitrogen functional groups attached to an aromatic ring is 1. The van der Waals surface area contributed by atoms with E-state index in [1.165, 1.54) is 25.7 Å². The largest absolute Gasteiger partial charge is 0.368 e. The van der Waals surface area contributed by atoms with Crippen LogP contribution in [0.4, 0.5) is 5.95 Å². The van der Waals surface area contributed by atoms with Crippen molar-refractivity contribution in [2.75, 3.05) is 5.73 Å². The second-order valence-corrected chi connectivity index (χ2v) is 5.02. The Hall–Kier alpha value is -0.840. The van der Waals surface area contributed by atoms with Crippen LogP contribution < -0.4 is 5.73 Å². The summed E-state index contributed by atoms with van der Waals surface area (Å²) in [6, 6.07) is 0. The Labute approximate surface area is 102 Å². The number of hydrogen-bond acceptors (Lipinski definition) is 3. The minimum Gasteiger partial charge on any atom is -0.368 e. The number of aromatic amines is 1. The zero-order valence-electron chi connectivity index (χ0n) is 10.2. The van der Waals surface area contributed by atoms with E-state index in [4.69, 9.17) is 18.0 Å². The molecule has 0 bridgehead atoms. The monoisotopic (exact) mass is 242 g/mol. The van der Waals surface area contributed by atoms with E-state index in [9.17, 15) is 0 Å². The molecule has 16 heavy (non-hydrogen) atoms. The third-order valence-corrected chi connectivity index (χ3v) is 3.01. The molecule has 1 aromatic rings. The predicted octanol–water partition coefficient (Wildman–Crippen LogP) is 3.13. The highest BCUT2D eigenvalue weighted by molar-refractivity contribution is 7.71. The van der Waals surface area contributed by atoms with Gasteiger partial charge in [0, 0.05) is 6.54 Å². The zero-order chi connectivity index (χ0) is 12.0. The fourth-order valence-corrected chi connectivity index (χ4v) is 1.95. The molecule has 1 heterocycles. The van der Waals surface area contributed by atoms with Gasteiger partial charge >= 0.3 is 0 Å². The van der Waals surface area contributed by atoms with Crippen LogP contribution in [-0.2, 0) is 6.54 Å². The summed E-state index contributed by atoms with van der Waals surface area (Å²) in [6.45, 7) is 5.42. The molecule has 0 saturated carbocycles. The van der Waals surface area contributed by atoms with Crippen LogP contribution in [0.3, 0.4) is 0 Å². The number of nitrogens with zero attached hydrogens (tertiary/aromatic N) is 2. The smallest absolute Gasteiger partial charge is 0.220 e. The highest BCUT2D eigenvalue weighted by atomic mass is 32.1. The average Bonchev–Trinajstić information content (AvgIpc) is 2.53. The van der Waals surface area contributed by atoms with Crippen molar-refractivity contribution < 1.29 is 0 Å². The first-order chi connectivity index (χ1) is 7.61. The maximum Gasteiger partial charge on any atom is 0.220 e. The quantitative estimate of drug-likeness (QED) is 0.570. The first-order valence-electron chi connectivity index (χ1n) is 6.02. The Morgan fingerprint density at radius 1 is 1.31 bits per heavy atom. The molecule has 3 N–H and O–H groups in total. The lowest BCUT2D eigenvalue weighted by atomic mass is 10.0. The second kappa shape index (κ2) is 6.68. The molecule has 1 rings (SSSR count). The Balaban J connectivity index is 2.14. The summed E-state index contributed by atoms with van der Waals surface area (Å²) in [5.74, 6) is 1.31. The van der Waals surface area contributed by atoms with Gasteiger partial charge in [-0.05, 0) is 24.6 Å². The van der Waals surface area contributed by atoms with Crippen LogP contribution in [0.5, 0.6) is 0 Å². The number of aromatic nitrogens is 3. The van der Waals surface area contributed by atoms with E-state index in [1.807, 2.05) is 4.57 Å². The van der Waals surface area contributed by atoms with Crippen molar-refractivity contribution in [2.24, 2.45) is 5.92 Å². The Morgan fingerprint density at radius 3 is 2.56 bits per heavy atom. The molecule has 0 atom stereocenters. The van der Waals surface area contributed by atoms with Crippen LogP contribution in [-0.4, -0.2) is 14.8 Å². The molecule has 0 aliphatic carbocycles. The minimum atomic E-state index is 0.493. The van der Waals surface area contributed by atoms with E-state index in [0.717, 1.165) is 18.9 Å². The lowest BCUT2D eigenvalue weighted by Gasteiger charge is -2.05. The van der Waals surface area contributed by atoms with Crippen LogP contribution in [0, 0.1) is 10.7 Å². The first-order valence-corrected chi connectivity index (χ1v) is 6.42. The van der Waals surface area contributed by atoms with Crippen LogP contribution in [0.25, 0.3) is 0 Å². The van der Waals surface area contributed by atoms with Gasteiger partial charge in [0.05, 0.1) is 0 Å². The molecule has 1 aromatic heterocycles. The van der Waals surface area contributed by atoms with Crippen molar-refractivity contribution in [3.8, 4) is 0 Å². The van der Waals surface area contributed by atoms with E-state index in [2.05, 4.69) is 24.0 Å². The summed E-state index contributed by atoms with van der Waals surface area (Å²) in [7, 11) is 0. The van der Waals surface area contributed by atoms with Gasteiger partial charge in [0.15, 0.2) is 4.77 Å². The molecule has 0 aliphatic rings. The molecule has 4 nitrogen and oxygen atoms in total. The molecule has 0 radical (unpaired) electrons. The molecular formula is C11H22N4S. The topological polar surface area (TPSA) is 59.6 Å². The van der Waals surface area contributed by atoms with Crippen LogP contribution >= 0.6 is 12.2 Å². The van der Waals surface area contributed by atoms with Crippen molar-refractivity contribution >= 4 is 18.2 Å². The van der Waals surface area contributed by atoms with E-state index < -0.39 is 0 Å². The van der Waals surface area contributed by atoms with Crippen molar-refractivity contribution in [3.05, 3.63) is 4.77 Å². The van der Waals surface area contributed by atoms with Crippen molar-refractivity contribution in [2.45, 2.75) is 52.5 Å². The van der Waals surface area contributed by atoms with Crippen molar-refractivity contribution in [1.29, 1.82) is 0 Å². The molecule has 0 amide bonds. The van der Waals surface area contributed by atoms with E-state index in [0.29, 0.717) is 10.7 Å². The first kappa shape index (κ1) is 13.2. The van der Waals surface area contributed by atoms with Gasteiger partial charge in [-0.3, -0.25) is 4.57 Å². The van der Waals surface area contributed by atoms with Crippen molar-refractivity contribution in [1.82, 2.24) is 14.8 Å². The normalized spacial score (nSPS) is 11.2. The van der Waals surface area contributed by atoms with E-state index in [-0.39, 0.29) is 0 Å². The predicted molar refractivity (Wildman–Crippen MR) is 69.7 cm³/mol. The SMILES string of the molecule is CC(C)CCCCCCn1c(N)n[nH]c1=S. The highest BCUT2D eigenvalue weighted by Gasteiger charge is 2.00. The molecule has 0 fully saturated rings. The van der Waals surface area contributed by atoms with Gasteiger partial charge in [0.25, 0.3) is 0 Å². The molecule has 0 aromatic carbocycles. The molecule has 0 aliphatic heterocycles. The van der Waals surface area contributed by atoms with Gasteiger partial charge in [-0.15, -0.1) is 5.10 Å². The van der Waals surface area contributed by atoms with Gasteiger partial charge in [0.1, 0.15) is 0 Å². The lowest BCUT2D eigenvalue weighted by Crippen LogP contribution is -2.03. The summed E-state index contributed by atoms with van der Waals surface area (Å²) in [4.78, 5) is 0. The number of nitrogens with one attached hydrogen (secondary N) is 1. The standard InChI is InChI=1S/C11H22N4S/c1-9(2)7-5-3-4-6-8-15-10(12)13-14-11(15)16/h9H,3-8H2,1-2H3,(H2,12,13)(H,14,16). The van der Waals surface area contributed by atoms with Gasteiger partial charge in [0.2, 0.25) is 5.95 Å². The fraction of sp³-hybridized carbons (Fsp3) is 0.818. The zero-order valence-corrected chi connectivity index (χ0v) is 11.0. The third kappa shape index (κ3) is 4.35. The fourth-order valence-electron chi connectivity index (χ4n) is 1.72. The second-order valence-electron chi connectivity index (χ2n) is 4.64. The maximum absolute atomic E-state index is 5.68. The third-order valence-electron chi connectivity index (χ3n) is 2.70. The molecule has 0 spiro atoms. The van der Waals surface area contributed by atoms with Gasteiger partial charge in [-0.1, -0.05) is 39.5 Å². The number of anilines is 1. The van der Waals surface area contributed by atoms with Crippen LogP contribution in [0.1, 0.15) is 46.0 Å². The lowest BCUT2D eigenvalue weighted by molar-refractivity contribution is 0.505. The van der Waals surface area contributed by atoms with Crippen LogP contribution in [0.15, 0.2) is 0 Å². The van der Waals surface area contributed by atoms with Gasteiger partial charge in [-0.25, -0.2) is 5.10 Å². The number of rotatable bonds is 7. The Bertz CT molecular complexity index is 353. The molecule has 0 saturated heterocycles. The summed E-state index contributed by atoms with van der Waals surface area (Å²) >= 11 is 5.07. The molecular weight excluding hydrogens is 220 g/mol. The Kier molecular flexibility index (Phi) is 5.52. The maximum atomic E-state index is 5.68. The number of unbranched alkanes of at least 4 members (excludes halogenated alkanes) is 3. The Morgan fingerprint density at radius 2 is 2.00 bits per heavy atom. The molecule has 0 unspecified atom stereocenters. The summed E-state index contributed by atoms with van der Waals surface area (Å²) in [5, 5.41) is 6.57.